The Morgan fingerprint density at radius 1 is 0.805 bits per heavy atom. The summed E-state index contributed by atoms with van der Waals surface area (Å²) in [6, 6.07) is 19.4. The van der Waals surface area contributed by atoms with Gasteiger partial charge in [-0.3, -0.25) is 0 Å². The molecule has 0 heterocycles. The molecule has 0 bridgehead atoms. The number of carbonyl (C=O) groups is 3. The number of aliphatic hydroxyl groups is 1. The van der Waals surface area contributed by atoms with Crippen LogP contribution >= 0.6 is 0 Å². The molecule has 0 aliphatic rings. The van der Waals surface area contributed by atoms with E-state index in [4.69, 9.17) is 28.8 Å². The summed E-state index contributed by atoms with van der Waals surface area (Å²) >= 11 is 0. The Labute approximate surface area is 238 Å². The number of rotatable bonds is 15. The van der Waals surface area contributed by atoms with E-state index in [-0.39, 0.29) is 32.0 Å². The first-order chi connectivity index (χ1) is 19.8. The van der Waals surface area contributed by atoms with Crippen LogP contribution in [-0.4, -0.2) is 56.0 Å². The predicted molar refractivity (Wildman–Crippen MR) is 152 cm³/mol. The van der Waals surface area contributed by atoms with Crippen LogP contribution in [0.3, 0.4) is 0 Å². The number of aryl methyl sites for hydroxylation is 1. The monoisotopic (exact) mass is 560 g/mol. The van der Waals surface area contributed by atoms with Gasteiger partial charge in [0.25, 0.3) is 0 Å². The van der Waals surface area contributed by atoms with E-state index in [2.05, 4.69) is 13.2 Å². The fraction of sp³-hybridized carbons (Fsp3) is 0.219. The quantitative estimate of drug-likeness (QED) is 0.122. The van der Waals surface area contributed by atoms with E-state index in [1.165, 1.54) is 0 Å². The van der Waals surface area contributed by atoms with Crippen molar-refractivity contribution in [2.45, 2.75) is 13.3 Å². The maximum absolute atomic E-state index is 12.8. The second kappa shape index (κ2) is 15.6. The summed E-state index contributed by atoms with van der Waals surface area (Å²) in [5.41, 5.74) is 3.32. The van der Waals surface area contributed by atoms with E-state index in [1.54, 1.807) is 30.3 Å². The normalized spacial score (nSPS) is 10.3. The van der Waals surface area contributed by atoms with Crippen molar-refractivity contribution in [1.29, 1.82) is 0 Å². The van der Waals surface area contributed by atoms with Gasteiger partial charge in [-0.1, -0.05) is 38.3 Å². The number of carbonyl (C=O) groups excluding carboxylic acids is 3. The third-order valence-electron chi connectivity index (χ3n) is 5.75. The van der Waals surface area contributed by atoms with Gasteiger partial charge in [-0.25, -0.2) is 14.4 Å². The topological polar surface area (TPSA) is 118 Å². The van der Waals surface area contributed by atoms with Crippen molar-refractivity contribution in [3.05, 3.63) is 103 Å². The Morgan fingerprint density at radius 2 is 1.39 bits per heavy atom. The molecule has 0 saturated carbocycles. The van der Waals surface area contributed by atoms with Crippen molar-refractivity contribution in [1.82, 2.24) is 0 Å². The summed E-state index contributed by atoms with van der Waals surface area (Å²) in [5, 5.41) is 8.88. The van der Waals surface area contributed by atoms with Crippen LogP contribution in [-0.2, 0) is 25.5 Å². The fourth-order valence-electron chi connectivity index (χ4n) is 3.62. The molecule has 214 valence electrons. The summed E-state index contributed by atoms with van der Waals surface area (Å²) in [6.07, 6.45) is 1.79. The molecule has 0 spiro atoms. The van der Waals surface area contributed by atoms with Gasteiger partial charge in [0.15, 0.2) is 0 Å². The molecule has 3 rings (SSSR count). The molecular weight excluding hydrogens is 528 g/mol. The number of hydrogen-bond acceptors (Lipinski definition) is 9. The Kier molecular flexibility index (Phi) is 11.7. The Morgan fingerprint density at radius 3 is 1.98 bits per heavy atom. The van der Waals surface area contributed by atoms with Gasteiger partial charge in [0, 0.05) is 6.08 Å². The van der Waals surface area contributed by atoms with Gasteiger partial charge in [-0.2, -0.15) is 0 Å². The number of aliphatic hydroxyl groups excluding tert-OH is 1. The number of benzene rings is 3. The molecule has 0 aromatic heterocycles. The first-order valence-corrected chi connectivity index (χ1v) is 12.9. The molecule has 3 aromatic rings. The van der Waals surface area contributed by atoms with Crippen molar-refractivity contribution in [3.8, 4) is 28.4 Å². The zero-order valence-corrected chi connectivity index (χ0v) is 22.8. The summed E-state index contributed by atoms with van der Waals surface area (Å²) in [4.78, 5) is 35.3. The Balaban J connectivity index is 1.55. The summed E-state index contributed by atoms with van der Waals surface area (Å²) in [6.45, 7) is 8.75. The molecule has 9 nitrogen and oxygen atoms in total. The van der Waals surface area contributed by atoms with Crippen LogP contribution in [0.25, 0.3) is 11.1 Å². The predicted octanol–water partition coefficient (Wildman–Crippen LogP) is 4.71. The number of esters is 3. The van der Waals surface area contributed by atoms with Crippen LogP contribution in [0.2, 0.25) is 0 Å². The second-order valence-electron chi connectivity index (χ2n) is 8.58. The molecule has 0 fully saturated rings. The summed E-state index contributed by atoms with van der Waals surface area (Å²) in [5.74, 6) is -0.136. The third-order valence-corrected chi connectivity index (χ3v) is 5.75. The minimum absolute atomic E-state index is 0.0110. The zero-order valence-electron chi connectivity index (χ0n) is 22.8. The van der Waals surface area contributed by atoms with Gasteiger partial charge in [-0.15, -0.1) is 0 Å². The smallest absolute Gasteiger partial charge is 0.343 e. The van der Waals surface area contributed by atoms with Gasteiger partial charge in [0.2, 0.25) is 0 Å². The highest BCUT2D eigenvalue weighted by atomic mass is 16.6. The average Bonchev–Trinajstić information content (AvgIpc) is 3.01. The largest absolute Gasteiger partial charge is 0.490 e. The van der Waals surface area contributed by atoms with E-state index < -0.39 is 24.5 Å². The second-order valence-corrected chi connectivity index (χ2v) is 8.58. The minimum Gasteiger partial charge on any atom is -0.490 e. The van der Waals surface area contributed by atoms with Crippen molar-refractivity contribution < 1.29 is 43.2 Å². The lowest BCUT2D eigenvalue weighted by atomic mass is 9.96. The zero-order chi connectivity index (χ0) is 29.6. The minimum atomic E-state index is -0.657. The molecule has 0 aliphatic carbocycles. The summed E-state index contributed by atoms with van der Waals surface area (Å²) in [7, 11) is 0. The van der Waals surface area contributed by atoms with E-state index >= 15 is 0 Å². The van der Waals surface area contributed by atoms with Crippen LogP contribution in [0.1, 0.15) is 22.8 Å². The highest BCUT2D eigenvalue weighted by Gasteiger charge is 2.13. The molecule has 0 amide bonds. The lowest BCUT2D eigenvalue weighted by Gasteiger charge is -2.12. The van der Waals surface area contributed by atoms with E-state index in [1.807, 2.05) is 43.3 Å². The molecule has 41 heavy (non-hydrogen) atoms. The summed E-state index contributed by atoms with van der Waals surface area (Å²) < 4.78 is 26.4. The highest BCUT2D eigenvalue weighted by Crippen LogP contribution is 2.28. The lowest BCUT2D eigenvalue weighted by molar-refractivity contribution is -0.140. The van der Waals surface area contributed by atoms with Gasteiger partial charge in [0.1, 0.15) is 43.7 Å². The van der Waals surface area contributed by atoms with Crippen molar-refractivity contribution in [2.24, 2.45) is 0 Å². The highest BCUT2D eigenvalue weighted by molar-refractivity contribution is 5.92. The van der Waals surface area contributed by atoms with Gasteiger partial charge in [0.05, 0.1) is 17.7 Å². The Bertz CT molecular complexity index is 1360. The molecule has 1 N–H and O–H groups in total. The Hall–Kier alpha value is -4.89. The standard InChI is InChI=1S/C32H32O9/c1-4-23-20-25(32(36)41-28-13-11-27(12-14-28)37-16-18-39-30(34)5-2)8-15-29(23)24-6-9-26(10-7-24)38-17-19-40-31(35)22(3)21-33/h5-15,20,33H,2-4,16-19,21H2,1H3. The van der Waals surface area contributed by atoms with Crippen LogP contribution in [0.5, 0.6) is 17.2 Å². The SMILES string of the molecule is C=CC(=O)OCCOc1ccc(OC(=O)c2ccc(-c3ccc(OCCOC(=O)C(=C)CO)cc3)c(CC)c2)cc1. The first kappa shape index (κ1) is 30.6. The van der Waals surface area contributed by atoms with Crippen LogP contribution in [0.15, 0.2) is 91.5 Å². The molecule has 0 saturated heterocycles. The van der Waals surface area contributed by atoms with Crippen molar-refractivity contribution >= 4 is 17.9 Å². The van der Waals surface area contributed by atoms with Gasteiger partial charge in [-0.05, 0) is 71.6 Å². The van der Waals surface area contributed by atoms with E-state index in [9.17, 15) is 14.4 Å². The molecule has 3 aromatic carbocycles. The molecular formula is C32H32O9. The van der Waals surface area contributed by atoms with E-state index in [0.717, 1.165) is 22.8 Å². The van der Waals surface area contributed by atoms with Gasteiger partial charge >= 0.3 is 17.9 Å². The van der Waals surface area contributed by atoms with Gasteiger partial charge < -0.3 is 28.8 Å². The maximum Gasteiger partial charge on any atom is 0.343 e. The van der Waals surface area contributed by atoms with Crippen LogP contribution < -0.4 is 14.2 Å². The van der Waals surface area contributed by atoms with Crippen molar-refractivity contribution in [3.63, 3.8) is 0 Å². The van der Waals surface area contributed by atoms with Crippen LogP contribution in [0, 0.1) is 0 Å². The number of ether oxygens (including phenoxy) is 5. The van der Waals surface area contributed by atoms with Crippen LogP contribution in [0.4, 0.5) is 0 Å². The molecule has 0 unspecified atom stereocenters. The average molecular weight is 561 g/mol. The van der Waals surface area contributed by atoms with Crippen molar-refractivity contribution in [2.75, 3.05) is 33.0 Å². The number of hydrogen-bond donors (Lipinski definition) is 1. The lowest BCUT2D eigenvalue weighted by Crippen LogP contribution is -2.14. The molecule has 9 heteroatoms. The molecule has 0 radical (unpaired) electrons. The fourth-order valence-corrected chi connectivity index (χ4v) is 3.62. The third kappa shape index (κ3) is 9.36. The molecule has 0 atom stereocenters. The molecule has 0 aliphatic heterocycles. The van der Waals surface area contributed by atoms with E-state index in [0.29, 0.717) is 29.2 Å². The first-order valence-electron chi connectivity index (χ1n) is 12.9. The maximum atomic E-state index is 12.8.